The number of rotatable bonds is 4. The highest BCUT2D eigenvalue weighted by Gasteiger charge is 2.71. The van der Waals surface area contributed by atoms with Crippen molar-refractivity contribution in [2.45, 2.75) is 132 Å². The van der Waals surface area contributed by atoms with E-state index in [1.165, 1.54) is 31.3 Å². The van der Waals surface area contributed by atoms with Gasteiger partial charge < -0.3 is 10.2 Å². The molecule has 0 aromatic rings. The predicted molar refractivity (Wildman–Crippen MR) is 139 cm³/mol. The quantitative estimate of drug-likeness (QED) is 0.422. The average molecular weight is 459 g/mol. The third-order valence-electron chi connectivity index (χ3n) is 12.9. The Labute approximate surface area is 205 Å². The molecule has 4 saturated carbocycles. The van der Waals surface area contributed by atoms with Gasteiger partial charge in [0.15, 0.2) is 0 Å². The predicted octanol–water partition coefficient (Wildman–Crippen LogP) is 7.78. The molecule has 0 spiro atoms. The van der Waals surface area contributed by atoms with Gasteiger partial charge in [0.2, 0.25) is 0 Å². The second-order valence-electron chi connectivity index (χ2n) is 14.9. The minimum absolute atomic E-state index is 0.113. The normalized spacial score (nSPS) is 50.5. The highest BCUT2D eigenvalue weighted by molar-refractivity contribution is 5.19. The van der Waals surface area contributed by atoms with E-state index >= 15 is 0 Å². The maximum absolute atomic E-state index is 11.8. The first-order chi connectivity index (χ1) is 15.1. The van der Waals surface area contributed by atoms with Crippen LogP contribution in [0, 0.1) is 51.2 Å². The molecule has 4 aliphatic rings. The summed E-state index contributed by atoms with van der Waals surface area (Å²) in [6.07, 6.45) is 12.1. The summed E-state index contributed by atoms with van der Waals surface area (Å²) in [5.74, 6) is 2.54. The lowest BCUT2D eigenvalue weighted by molar-refractivity contribution is -0.240. The largest absolute Gasteiger partial charge is 0.393 e. The van der Waals surface area contributed by atoms with E-state index in [-0.39, 0.29) is 28.8 Å². The molecular formula is C31H54O2. The monoisotopic (exact) mass is 458 g/mol. The van der Waals surface area contributed by atoms with E-state index in [1.54, 1.807) is 0 Å². The number of allylic oxidation sites excluding steroid dienone is 2. The van der Waals surface area contributed by atoms with Crippen molar-refractivity contribution in [3.05, 3.63) is 11.6 Å². The summed E-state index contributed by atoms with van der Waals surface area (Å²) < 4.78 is 0. The molecule has 2 heteroatoms. The summed E-state index contributed by atoms with van der Waals surface area (Å²) in [6, 6.07) is 0. The summed E-state index contributed by atoms with van der Waals surface area (Å²) in [7, 11) is 0. The fraction of sp³-hybridized carbons (Fsp3) is 0.935. The Bertz CT molecular complexity index is 776. The Morgan fingerprint density at radius 3 is 2.21 bits per heavy atom. The van der Waals surface area contributed by atoms with Crippen LogP contribution in [-0.2, 0) is 0 Å². The van der Waals surface area contributed by atoms with Crippen LogP contribution in [0.5, 0.6) is 0 Å². The van der Waals surface area contributed by atoms with E-state index in [1.807, 2.05) is 0 Å². The zero-order chi connectivity index (χ0) is 24.6. The molecule has 2 nitrogen and oxygen atoms in total. The van der Waals surface area contributed by atoms with Gasteiger partial charge in [0.25, 0.3) is 0 Å². The molecule has 0 aromatic carbocycles. The van der Waals surface area contributed by atoms with Crippen molar-refractivity contribution in [2.24, 2.45) is 51.2 Å². The van der Waals surface area contributed by atoms with Gasteiger partial charge in [-0.25, -0.2) is 0 Å². The highest BCUT2D eigenvalue weighted by atomic mass is 16.3. The molecule has 0 saturated heterocycles. The first-order valence-corrected chi connectivity index (χ1v) is 14.1. The van der Waals surface area contributed by atoms with Gasteiger partial charge in [-0.1, -0.05) is 53.2 Å². The Kier molecular flexibility index (Phi) is 6.31. The Balaban J connectivity index is 1.66. The van der Waals surface area contributed by atoms with Crippen LogP contribution in [-0.4, -0.2) is 21.9 Å². The molecule has 4 rings (SSSR count). The Hall–Kier alpha value is -0.340. The standard InChI is InChI=1S/C31H54O2/c1-20(2)11-10-15-31(9,33)22-13-17-30(8)26(22)23(32)19-25-28(6)16-12-21(3)27(4,5)24(28)14-18-29(25,30)7/h11,21-26,32-33H,10,12-19H2,1-9H3/t21?,22?,23-,24?,25?,26?,28+,29-,30-,31-/m1/s1. The van der Waals surface area contributed by atoms with Crippen LogP contribution in [0.4, 0.5) is 0 Å². The van der Waals surface area contributed by atoms with Gasteiger partial charge in [-0.3, -0.25) is 0 Å². The Morgan fingerprint density at radius 1 is 0.939 bits per heavy atom. The lowest BCUT2D eigenvalue weighted by Crippen LogP contribution is -2.66. The van der Waals surface area contributed by atoms with Gasteiger partial charge >= 0.3 is 0 Å². The van der Waals surface area contributed by atoms with Crippen LogP contribution >= 0.6 is 0 Å². The molecule has 5 unspecified atom stereocenters. The Morgan fingerprint density at radius 2 is 1.58 bits per heavy atom. The lowest BCUT2D eigenvalue weighted by atomic mass is 9.34. The van der Waals surface area contributed by atoms with Crippen LogP contribution in [0.2, 0.25) is 0 Å². The molecule has 0 aliphatic heterocycles. The SMILES string of the molecule is CC(C)=CCC[C@@](C)(O)C1CC[C@]2(C)C1[C@H](O)CC1[C@@]3(C)CCC(C)C(C)(C)C3CC[C@]12C. The number of aliphatic hydroxyl groups excluding tert-OH is 1. The summed E-state index contributed by atoms with van der Waals surface area (Å²) >= 11 is 0. The van der Waals surface area contributed by atoms with Crippen LogP contribution in [0.1, 0.15) is 120 Å². The highest BCUT2D eigenvalue weighted by Crippen LogP contribution is 2.76. The molecule has 0 heterocycles. The smallest absolute Gasteiger partial charge is 0.0654 e. The molecule has 0 radical (unpaired) electrons. The van der Waals surface area contributed by atoms with Gasteiger partial charge in [-0.05, 0) is 130 Å². The fourth-order valence-electron chi connectivity index (χ4n) is 10.5. The zero-order valence-electron chi connectivity index (χ0n) is 23.3. The first kappa shape index (κ1) is 25.7. The van der Waals surface area contributed by atoms with Crippen molar-refractivity contribution in [1.29, 1.82) is 0 Å². The average Bonchev–Trinajstić information content (AvgIpc) is 3.08. The van der Waals surface area contributed by atoms with Crippen molar-refractivity contribution in [1.82, 2.24) is 0 Å². The topological polar surface area (TPSA) is 40.5 Å². The van der Waals surface area contributed by atoms with Gasteiger partial charge in [0, 0.05) is 0 Å². The van der Waals surface area contributed by atoms with Gasteiger partial charge in [-0.2, -0.15) is 0 Å². The van der Waals surface area contributed by atoms with E-state index in [2.05, 4.69) is 68.4 Å². The van der Waals surface area contributed by atoms with Gasteiger partial charge in [0.1, 0.15) is 0 Å². The number of hydrogen-bond donors (Lipinski definition) is 2. The zero-order valence-corrected chi connectivity index (χ0v) is 23.3. The van der Waals surface area contributed by atoms with Crippen molar-refractivity contribution in [2.75, 3.05) is 0 Å². The molecule has 4 fully saturated rings. The summed E-state index contributed by atoms with van der Waals surface area (Å²) in [5.41, 5.74) is 1.68. The van der Waals surface area contributed by atoms with Crippen molar-refractivity contribution < 1.29 is 10.2 Å². The van der Waals surface area contributed by atoms with Crippen molar-refractivity contribution >= 4 is 0 Å². The van der Waals surface area contributed by atoms with Crippen LogP contribution in [0.3, 0.4) is 0 Å². The van der Waals surface area contributed by atoms with E-state index < -0.39 is 5.60 Å². The van der Waals surface area contributed by atoms with E-state index in [0.717, 1.165) is 43.9 Å². The maximum atomic E-state index is 11.8. The van der Waals surface area contributed by atoms with Crippen molar-refractivity contribution in [3.8, 4) is 0 Å². The second-order valence-corrected chi connectivity index (χ2v) is 14.9. The van der Waals surface area contributed by atoms with Crippen molar-refractivity contribution in [3.63, 3.8) is 0 Å². The number of fused-ring (bicyclic) bond motifs is 5. The summed E-state index contributed by atoms with van der Waals surface area (Å²) in [4.78, 5) is 0. The maximum Gasteiger partial charge on any atom is 0.0654 e. The number of aliphatic hydroxyl groups is 2. The lowest BCUT2D eigenvalue weighted by Gasteiger charge is -2.70. The molecular weight excluding hydrogens is 404 g/mol. The summed E-state index contributed by atoms with van der Waals surface area (Å²) in [6.45, 7) is 21.6. The first-order valence-electron chi connectivity index (χ1n) is 14.1. The minimum atomic E-state index is -0.706. The summed E-state index contributed by atoms with van der Waals surface area (Å²) in [5, 5.41) is 23.5. The molecule has 10 atom stereocenters. The third kappa shape index (κ3) is 3.62. The minimum Gasteiger partial charge on any atom is -0.393 e. The van der Waals surface area contributed by atoms with Gasteiger partial charge in [0.05, 0.1) is 11.7 Å². The van der Waals surface area contributed by atoms with Crippen LogP contribution in [0.25, 0.3) is 0 Å². The number of hydrogen-bond acceptors (Lipinski definition) is 2. The molecule has 4 aliphatic carbocycles. The molecule has 0 bridgehead atoms. The molecule has 190 valence electrons. The molecule has 0 amide bonds. The van der Waals surface area contributed by atoms with Gasteiger partial charge in [-0.15, -0.1) is 0 Å². The fourth-order valence-corrected chi connectivity index (χ4v) is 10.5. The molecule has 2 N–H and O–H groups in total. The molecule has 0 aromatic heterocycles. The van der Waals surface area contributed by atoms with E-state index in [4.69, 9.17) is 0 Å². The van der Waals surface area contributed by atoms with E-state index in [9.17, 15) is 10.2 Å². The second kappa shape index (κ2) is 8.09. The van der Waals surface area contributed by atoms with Crippen LogP contribution < -0.4 is 0 Å². The van der Waals surface area contributed by atoms with E-state index in [0.29, 0.717) is 16.7 Å². The molecule has 33 heavy (non-hydrogen) atoms. The van der Waals surface area contributed by atoms with Crippen LogP contribution in [0.15, 0.2) is 11.6 Å². The third-order valence-corrected chi connectivity index (χ3v) is 12.9.